The van der Waals surface area contributed by atoms with Crippen molar-refractivity contribution < 1.29 is 14.3 Å². The first-order valence-electron chi connectivity index (χ1n) is 7.40. The van der Waals surface area contributed by atoms with Gasteiger partial charge in [-0.2, -0.15) is 0 Å². The molecule has 0 aliphatic heterocycles. The SMILES string of the molecule is COc1ccc(NC(=O)C(C)C(N)c2ccccc2)cc1OC. The van der Waals surface area contributed by atoms with Crippen molar-refractivity contribution in [3.8, 4) is 11.5 Å². The van der Waals surface area contributed by atoms with E-state index in [0.29, 0.717) is 17.2 Å². The van der Waals surface area contributed by atoms with E-state index in [0.717, 1.165) is 5.56 Å². The molecule has 1 amide bonds. The largest absolute Gasteiger partial charge is 0.493 e. The molecule has 0 aliphatic carbocycles. The molecule has 3 N–H and O–H groups in total. The summed E-state index contributed by atoms with van der Waals surface area (Å²) in [5.41, 5.74) is 7.76. The van der Waals surface area contributed by atoms with Gasteiger partial charge in [0.25, 0.3) is 0 Å². The lowest BCUT2D eigenvalue weighted by Gasteiger charge is -2.20. The quantitative estimate of drug-likeness (QED) is 0.859. The van der Waals surface area contributed by atoms with E-state index in [1.54, 1.807) is 32.4 Å². The molecule has 0 heterocycles. The second kappa shape index (κ2) is 7.65. The number of hydrogen-bond donors (Lipinski definition) is 2. The monoisotopic (exact) mass is 314 g/mol. The fourth-order valence-corrected chi connectivity index (χ4v) is 2.30. The summed E-state index contributed by atoms with van der Waals surface area (Å²) in [6.45, 7) is 1.81. The van der Waals surface area contributed by atoms with E-state index in [1.807, 2.05) is 37.3 Å². The topological polar surface area (TPSA) is 73.6 Å². The normalized spacial score (nSPS) is 13.0. The predicted molar refractivity (Wildman–Crippen MR) is 90.7 cm³/mol. The molecular weight excluding hydrogens is 292 g/mol. The maximum absolute atomic E-state index is 12.4. The highest BCUT2D eigenvalue weighted by Gasteiger charge is 2.22. The molecule has 0 aliphatic rings. The van der Waals surface area contributed by atoms with E-state index in [2.05, 4.69) is 5.32 Å². The van der Waals surface area contributed by atoms with Crippen LogP contribution in [0.15, 0.2) is 48.5 Å². The third-order valence-electron chi connectivity index (χ3n) is 3.79. The summed E-state index contributed by atoms with van der Waals surface area (Å²) in [7, 11) is 3.12. The summed E-state index contributed by atoms with van der Waals surface area (Å²) >= 11 is 0. The lowest BCUT2D eigenvalue weighted by Crippen LogP contribution is -2.30. The Morgan fingerprint density at radius 1 is 1.04 bits per heavy atom. The number of carbonyl (C=O) groups is 1. The second-order valence-electron chi connectivity index (χ2n) is 5.28. The molecule has 0 fully saturated rings. The van der Waals surface area contributed by atoms with E-state index in [4.69, 9.17) is 15.2 Å². The summed E-state index contributed by atoms with van der Waals surface area (Å²) < 4.78 is 10.4. The molecule has 0 saturated carbocycles. The van der Waals surface area contributed by atoms with Gasteiger partial charge in [0.05, 0.1) is 20.1 Å². The molecule has 0 bridgehead atoms. The zero-order chi connectivity index (χ0) is 16.8. The molecule has 5 nitrogen and oxygen atoms in total. The van der Waals surface area contributed by atoms with Crippen molar-refractivity contribution in [1.82, 2.24) is 0 Å². The van der Waals surface area contributed by atoms with Gasteiger partial charge in [0.1, 0.15) is 0 Å². The fraction of sp³-hybridized carbons (Fsp3) is 0.278. The number of nitrogens with two attached hydrogens (primary N) is 1. The van der Waals surface area contributed by atoms with Crippen LogP contribution < -0.4 is 20.5 Å². The van der Waals surface area contributed by atoms with E-state index in [1.165, 1.54) is 0 Å². The molecule has 0 aromatic heterocycles. The lowest BCUT2D eigenvalue weighted by molar-refractivity contribution is -0.120. The minimum Gasteiger partial charge on any atom is -0.493 e. The van der Waals surface area contributed by atoms with Crippen LogP contribution in [-0.2, 0) is 4.79 Å². The average molecular weight is 314 g/mol. The Labute approximate surface area is 136 Å². The Morgan fingerprint density at radius 2 is 1.70 bits per heavy atom. The van der Waals surface area contributed by atoms with Gasteiger partial charge in [-0.05, 0) is 17.7 Å². The van der Waals surface area contributed by atoms with Crippen LogP contribution in [0.5, 0.6) is 11.5 Å². The maximum atomic E-state index is 12.4. The van der Waals surface area contributed by atoms with E-state index < -0.39 is 0 Å². The van der Waals surface area contributed by atoms with Crippen LogP contribution in [0.1, 0.15) is 18.5 Å². The second-order valence-corrected chi connectivity index (χ2v) is 5.28. The van der Waals surface area contributed by atoms with Crippen LogP contribution in [0.25, 0.3) is 0 Å². The van der Waals surface area contributed by atoms with Gasteiger partial charge < -0.3 is 20.5 Å². The molecule has 2 aromatic carbocycles. The van der Waals surface area contributed by atoms with Crippen LogP contribution in [0.2, 0.25) is 0 Å². The van der Waals surface area contributed by atoms with Crippen LogP contribution in [-0.4, -0.2) is 20.1 Å². The van der Waals surface area contributed by atoms with Gasteiger partial charge in [-0.15, -0.1) is 0 Å². The highest BCUT2D eigenvalue weighted by molar-refractivity contribution is 5.93. The van der Waals surface area contributed by atoms with Crippen LogP contribution in [0.3, 0.4) is 0 Å². The molecule has 0 radical (unpaired) electrons. The van der Waals surface area contributed by atoms with E-state index >= 15 is 0 Å². The highest BCUT2D eigenvalue weighted by Crippen LogP contribution is 2.30. The smallest absolute Gasteiger partial charge is 0.229 e. The number of ether oxygens (including phenoxy) is 2. The molecule has 0 spiro atoms. The Bertz CT molecular complexity index is 659. The Morgan fingerprint density at radius 3 is 2.30 bits per heavy atom. The van der Waals surface area contributed by atoms with Crippen molar-refractivity contribution in [1.29, 1.82) is 0 Å². The summed E-state index contributed by atoms with van der Waals surface area (Å²) in [6.07, 6.45) is 0. The number of methoxy groups -OCH3 is 2. The highest BCUT2D eigenvalue weighted by atomic mass is 16.5. The van der Waals surface area contributed by atoms with Gasteiger partial charge in [-0.1, -0.05) is 37.3 Å². The molecule has 23 heavy (non-hydrogen) atoms. The van der Waals surface area contributed by atoms with Gasteiger partial charge >= 0.3 is 0 Å². The molecule has 2 rings (SSSR count). The Hall–Kier alpha value is -2.53. The van der Waals surface area contributed by atoms with Gasteiger partial charge in [0.2, 0.25) is 5.91 Å². The number of benzene rings is 2. The minimum absolute atomic E-state index is 0.145. The van der Waals surface area contributed by atoms with Crippen molar-refractivity contribution >= 4 is 11.6 Å². The average Bonchev–Trinajstić information content (AvgIpc) is 2.60. The molecular formula is C18H22N2O3. The van der Waals surface area contributed by atoms with Gasteiger partial charge in [0, 0.05) is 17.8 Å². The van der Waals surface area contributed by atoms with Gasteiger partial charge in [0.15, 0.2) is 11.5 Å². The van der Waals surface area contributed by atoms with Crippen molar-refractivity contribution in [2.24, 2.45) is 11.7 Å². The maximum Gasteiger partial charge on any atom is 0.229 e. The number of nitrogens with one attached hydrogen (secondary N) is 1. The first-order valence-corrected chi connectivity index (χ1v) is 7.40. The zero-order valence-corrected chi connectivity index (χ0v) is 13.6. The van der Waals surface area contributed by atoms with E-state index in [9.17, 15) is 4.79 Å². The van der Waals surface area contributed by atoms with Crippen molar-refractivity contribution in [3.05, 3.63) is 54.1 Å². The van der Waals surface area contributed by atoms with Crippen molar-refractivity contribution in [2.75, 3.05) is 19.5 Å². The molecule has 2 unspecified atom stereocenters. The van der Waals surface area contributed by atoms with Crippen molar-refractivity contribution in [2.45, 2.75) is 13.0 Å². The summed E-state index contributed by atoms with van der Waals surface area (Å²) in [6, 6.07) is 14.5. The fourth-order valence-electron chi connectivity index (χ4n) is 2.30. The van der Waals surface area contributed by atoms with E-state index in [-0.39, 0.29) is 17.9 Å². The molecule has 122 valence electrons. The minimum atomic E-state index is -0.370. The predicted octanol–water partition coefficient (Wildman–Crippen LogP) is 2.98. The summed E-state index contributed by atoms with van der Waals surface area (Å²) in [5, 5.41) is 2.86. The third kappa shape index (κ3) is 4.02. The third-order valence-corrected chi connectivity index (χ3v) is 3.79. The lowest BCUT2D eigenvalue weighted by atomic mass is 9.94. The van der Waals surface area contributed by atoms with Crippen molar-refractivity contribution in [3.63, 3.8) is 0 Å². The first-order chi connectivity index (χ1) is 11.1. The molecule has 5 heteroatoms. The number of carbonyl (C=O) groups excluding carboxylic acids is 1. The summed E-state index contributed by atoms with van der Waals surface area (Å²) in [4.78, 5) is 12.4. The van der Waals surface area contributed by atoms with Crippen LogP contribution in [0.4, 0.5) is 5.69 Å². The summed E-state index contributed by atoms with van der Waals surface area (Å²) in [5.74, 6) is 0.656. The van der Waals surface area contributed by atoms with Gasteiger partial charge in [-0.25, -0.2) is 0 Å². The molecule has 2 aromatic rings. The molecule has 2 atom stereocenters. The van der Waals surface area contributed by atoms with Gasteiger partial charge in [-0.3, -0.25) is 4.79 Å². The Balaban J connectivity index is 2.09. The molecule has 0 saturated heterocycles. The Kier molecular flexibility index (Phi) is 5.60. The first kappa shape index (κ1) is 16.8. The van der Waals surface area contributed by atoms with Crippen LogP contribution >= 0.6 is 0 Å². The number of hydrogen-bond acceptors (Lipinski definition) is 4. The number of rotatable bonds is 6. The number of anilines is 1. The number of amides is 1. The standard InChI is InChI=1S/C18H22N2O3/c1-12(17(19)13-7-5-4-6-8-13)18(21)20-14-9-10-15(22-2)16(11-14)23-3/h4-12,17H,19H2,1-3H3,(H,20,21). The van der Waals surface area contributed by atoms with Crippen LogP contribution in [0, 0.1) is 5.92 Å². The zero-order valence-electron chi connectivity index (χ0n) is 13.6.